The molecule has 0 radical (unpaired) electrons. The van der Waals surface area contributed by atoms with E-state index in [1.807, 2.05) is 37.3 Å². The molecule has 3 heteroatoms. The number of benzene rings is 1. The predicted molar refractivity (Wildman–Crippen MR) is 49.9 cm³/mol. The van der Waals surface area contributed by atoms with Crippen molar-refractivity contribution in [1.82, 2.24) is 0 Å². The lowest BCUT2D eigenvalue weighted by atomic mass is 10.0. The summed E-state index contributed by atoms with van der Waals surface area (Å²) in [5.41, 5.74) is 1.04. The average Bonchev–Trinajstić information content (AvgIpc) is 2.17. The van der Waals surface area contributed by atoms with Gasteiger partial charge in [-0.2, -0.15) is 0 Å². The van der Waals surface area contributed by atoms with Crippen molar-refractivity contribution in [3.05, 3.63) is 35.9 Å². The highest BCUT2D eigenvalue weighted by Gasteiger charge is 2.09. The Bertz CT molecular complexity index is 271. The maximum Gasteiger partial charge on any atom is 0.152 e. The summed E-state index contributed by atoms with van der Waals surface area (Å²) in [5.74, 6) is -0.0436. The van der Waals surface area contributed by atoms with E-state index in [2.05, 4.69) is 5.16 Å². The molecule has 0 spiro atoms. The predicted octanol–water partition coefficient (Wildman–Crippen LogP) is 2.82. The minimum Gasteiger partial charge on any atom is -0.410 e. The van der Waals surface area contributed by atoms with Crippen molar-refractivity contribution < 1.29 is 5.21 Å². The zero-order chi connectivity index (χ0) is 8.97. The van der Waals surface area contributed by atoms with Gasteiger partial charge in [-0.15, -0.1) is 0 Å². The lowest BCUT2D eigenvalue weighted by Crippen LogP contribution is -2.01. The second kappa shape index (κ2) is 4.12. The molecular weight excluding hydrogens is 174 g/mol. The molecule has 0 fully saturated rings. The molecule has 0 bridgehead atoms. The van der Waals surface area contributed by atoms with Crippen molar-refractivity contribution in [2.45, 2.75) is 12.8 Å². The molecule has 0 saturated heterocycles. The molecule has 1 rings (SSSR count). The Hall–Kier alpha value is -1.02. The summed E-state index contributed by atoms with van der Waals surface area (Å²) in [4.78, 5) is 0. The number of hydrogen-bond acceptors (Lipinski definition) is 2. The molecule has 0 saturated carbocycles. The molecule has 2 nitrogen and oxygen atoms in total. The van der Waals surface area contributed by atoms with Gasteiger partial charge in [0, 0.05) is 5.92 Å². The van der Waals surface area contributed by atoms with Gasteiger partial charge in [0.15, 0.2) is 5.17 Å². The Morgan fingerprint density at radius 2 is 2.00 bits per heavy atom. The monoisotopic (exact) mass is 183 g/mol. The number of nitrogens with zero attached hydrogens (tertiary/aromatic N) is 1. The summed E-state index contributed by atoms with van der Waals surface area (Å²) < 4.78 is 0. The summed E-state index contributed by atoms with van der Waals surface area (Å²) in [6, 6.07) is 9.66. The first kappa shape index (κ1) is 9.07. The largest absolute Gasteiger partial charge is 0.410 e. The first-order chi connectivity index (χ1) is 5.75. The Kier molecular flexibility index (Phi) is 3.11. The first-order valence-electron chi connectivity index (χ1n) is 3.68. The fourth-order valence-electron chi connectivity index (χ4n) is 0.966. The molecule has 0 aliphatic heterocycles. The normalized spacial score (nSPS) is 14.3. The molecule has 1 atom stereocenters. The second-order valence-electron chi connectivity index (χ2n) is 2.56. The Morgan fingerprint density at radius 3 is 2.50 bits per heavy atom. The molecule has 0 aliphatic rings. The van der Waals surface area contributed by atoms with Gasteiger partial charge in [0.05, 0.1) is 0 Å². The molecular formula is C9H10ClNO. The third kappa shape index (κ3) is 1.98. The molecule has 1 N–H and O–H groups in total. The van der Waals surface area contributed by atoms with Crippen molar-refractivity contribution >= 4 is 16.8 Å². The lowest BCUT2D eigenvalue weighted by Gasteiger charge is -2.07. The molecule has 1 aromatic rings. The van der Waals surface area contributed by atoms with Crippen LogP contribution in [0.25, 0.3) is 0 Å². The second-order valence-corrected chi connectivity index (χ2v) is 2.94. The Labute approximate surface area is 76.5 Å². The first-order valence-corrected chi connectivity index (χ1v) is 4.06. The van der Waals surface area contributed by atoms with Crippen LogP contribution in [-0.2, 0) is 0 Å². The van der Waals surface area contributed by atoms with E-state index in [1.165, 1.54) is 0 Å². The third-order valence-corrected chi connectivity index (χ3v) is 2.16. The molecule has 1 aromatic carbocycles. The van der Waals surface area contributed by atoms with Crippen LogP contribution in [-0.4, -0.2) is 10.4 Å². The third-order valence-electron chi connectivity index (χ3n) is 1.75. The number of halogens is 1. The van der Waals surface area contributed by atoms with E-state index in [0.717, 1.165) is 5.56 Å². The SMILES string of the molecule is CC(/C(Cl)=N\O)c1ccccc1. The summed E-state index contributed by atoms with van der Waals surface area (Å²) in [5, 5.41) is 11.6. The molecule has 12 heavy (non-hydrogen) atoms. The van der Waals surface area contributed by atoms with Gasteiger partial charge in [-0.25, -0.2) is 0 Å². The van der Waals surface area contributed by atoms with Crippen LogP contribution >= 0.6 is 11.6 Å². The van der Waals surface area contributed by atoms with Crippen molar-refractivity contribution in [2.75, 3.05) is 0 Å². The molecule has 0 aromatic heterocycles. The van der Waals surface area contributed by atoms with E-state index in [0.29, 0.717) is 0 Å². The summed E-state index contributed by atoms with van der Waals surface area (Å²) in [6.07, 6.45) is 0. The summed E-state index contributed by atoms with van der Waals surface area (Å²) >= 11 is 5.65. The topological polar surface area (TPSA) is 32.6 Å². The molecule has 1 unspecified atom stereocenters. The van der Waals surface area contributed by atoms with Gasteiger partial charge in [-0.05, 0) is 5.56 Å². The summed E-state index contributed by atoms with van der Waals surface area (Å²) in [7, 11) is 0. The fourth-order valence-corrected chi connectivity index (χ4v) is 1.09. The van der Waals surface area contributed by atoms with Crippen LogP contribution in [0, 0.1) is 0 Å². The van der Waals surface area contributed by atoms with Gasteiger partial charge >= 0.3 is 0 Å². The van der Waals surface area contributed by atoms with Gasteiger partial charge < -0.3 is 5.21 Å². The Balaban J connectivity index is 2.86. The quantitative estimate of drug-likeness (QED) is 0.427. The van der Waals surface area contributed by atoms with Crippen LogP contribution in [0.5, 0.6) is 0 Å². The number of hydrogen-bond donors (Lipinski definition) is 1. The standard InChI is InChI=1S/C9H10ClNO/c1-7(9(10)11-12)8-5-3-2-4-6-8/h2-7,12H,1H3/b11-9+. The van der Waals surface area contributed by atoms with E-state index in [9.17, 15) is 0 Å². The van der Waals surface area contributed by atoms with E-state index >= 15 is 0 Å². The van der Waals surface area contributed by atoms with E-state index in [-0.39, 0.29) is 11.1 Å². The van der Waals surface area contributed by atoms with Crippen LogP contribution < -0.4 is 0 Å². The Morgan fingerprint density at radius 1 is 1.42 bits per heavy atom. The van der Waals surface area contributed by atoms with Crippen molar-refractivity contribution in [3.8, 4) is 0 Å². The summed E-state index contributed by atoms with van der Waals surface area (Å²) in [6.45, 7) is 1.89. The zero-order valence-corrected chi connectivity index (χ0v) is 7.49. The van der Waals surface area contributed by atoms with Gasteiger partial charge in [-0.1, -0.05) is 54.0 Å². The minimum atomic E-state index is -0.0436. The highest BCUT2D eigenvalue weighted by molar-refractivity contribution is 6.66. The van der Waals surface area contributed by atoms with Gasteiger partial charge in [-0.3, -0.25) is 0 Å². The van der Waals surface area contributed by atoms with Crippen molar-refractivity contribution in [1.29, 1.82) is 0 Å². The molecule has 64 valence electrons. The van der Waals surface area contributed by atoms with Crippen molar-refractivity contribution in [2.24, 2.45) is 5.16 Å². The van der Waals surface area contributed by atoms with Crippen molar-refractivity contribution in [3.63, 3.8) is 0 Å². The van der Waals surface area contributed by atoms with Gasteiger partial charge in [0.2, 0.25) is 0 Å². The zero-order valence-electron chi connectivity index (χ0n) is 6.74. The van der Waals surface area contributed by atoms with Crippen LogP contribution in [0.15, 0.2) is 35.5 Å². The molecule has 0 heterocycles. The van der Waals surface area contributed by atoms with Gasteiger partial charge in [0.25, 0.3) is 0 Å². The number of oxime groups is 1. The van der Waals surface area contributed by atoms with Crippen LogP contribution in [0.4, 0.5) is 0 Å². The van der Waals surface area contributed by atoms with Crippen LogP contribution in [0.2, 0.25) is 0 Å². The maximum atomic E-state index is 8.42. The van der Waals surface area contributed by atoms with Crippen LogP contribution in [0.3, 0.4) is 0 Å². The van der Waals surface area contributed by atoms with E-state index in [1.54, 1.807) is 0 Å². The highest BCUT2D eigenvalue weighted by Crippen LogP contribution is 2.17. The van der Waals surface area contributed by atoms with Gasteiger partial charge in [0.1, 0.15) is 0 Å². The average molecular weight is 184 g/mol. The fraction of sp³-hybridized carbons (Fsp3) is 0.222. The maximum absolute atomic E-state index is 8.42. The van der Waals surface area contributed by atoms with E-state index in [4.69, 9.17) is 16.8 Å². The molecule has 0 amide bonds. The lowest BCUT2D eigenvalue weighted by molar-refractivity contribution is 0.318. The minimum absolute atomic E-state index is 0.0436. The molecule has 0 aliphatic carbocycles. The smallest absolute Gasteiger partial charge is 0.152 e. The number of rotatable bonds is 2. The van der Waals surface area contributed by atoms with E-state index < -0.39 is 0 Å². The van der Waals surface area contributed by atoms with Crippen LogP contribution in [0.1, 0.15) is 18.4 Å². The highest BCUT2D eigenvalue weighted by atomic mass is 35.5.